The summed E-state index contributed by atoms with van der Waals surface area (Å²) < 4.78 is 32.7. The van der Waals surface area contributed by atoms with E-state index < -0.39 is 0 Å². The van der Waals surface area contributed by atoms with E-state index in [1.807, 2.05) is 30.3 Å². The monoisotopic (exact) mass is 454 g/mol. The van der Waals surface area contributed by atoms with Crippen molar-refractivity contribution in [2.45, 2.75) is 39.5 Å². The van der Waals surface area contributed by atoms with Crippen molar-refractivity contribution >= 4 is 21.5 Å². The maximum atomic E-state index is 13.8. The van der Waals surface area contributed by atoms with E-state index >= 15 is 0 Å². The van der Waals surface area contributed by atoms with Gasteiger partial charge in [-0.1, -0.05) is 69.9 Å². The zero-order valence-electron chi connectivity index (χ0n) is 20.2. The van der Waals surface area contributed by atoms with Crippen molar-refractivity contribution in [3.63, 3.8) is 0 Å². The molecule has 34 heavy (non-hydrogen) atoms. The molecule has 0 bridgehead atoms. The average molecular weight is 455 g/mol. The van der Waals surface area contributed by atoms with Gasteiger partial charge in [0, 0.05) is 10.8 Å². The summed E-state index contributed by atoms with van der Waals surface area (Å²) >= 11 is 0. The zero-order chi connectivity index (χ0) is 25.0. The molecule has 0 aromatic heterocycles. The lowest BCUT2D eigenvalue weighted by molar-refractivity contribution is 0.414. The molecule has 0 aliphatic carbocycles. The molecule has 4 aromatic rings. The van der Waals surface area contributed by atoms with E-state index in [0.717, 1.165) is 38.4 Å². The van der Waals surface area contributed by atoms with Gasteiger partial charge in [0.05, 0.1) is 18.2 Å². The predicted molar refractivity (Wildman–Crippen MR) is 138 cm³/mol. The number of halogens is 2. The topological polar surface area (TPSA) is 9.23 Å². The van der Waals surface area contributed by atoms with Crippen molar-refractivity contribution < 1.29 is 13.5 Å². The van der Waals surface area contributed by atoms with Crippen LogP contribution in [0.2, 0.25) is 0 Å². The minimum absolute atomic E-state index is 0.247. The third-order valence-corrected chi connectivity index (χ3v) is 5.87. The van der Waals surface area contributed by atoms with Gasteiger partial charge in [-0.3, -0.25) is 0 Å². The molecule has 172 valence electrons. The third kappa shape index (κ3) is 4.75. The quantitative estimate of drug-likeness (QED) is 0.284. The van der Waals surface area contributed by atoms with Crippen LogP contribution >= 0.6 is 0 Å². The van der Waals surface area contributed by atoms with Crippen LogP contribution in [0, 0.1) is 36.3 Å². The number of ether oxygens (including phenoxy) is 1. The molecule has 0 saturated heterocycles. The van der Waals surface area contributed by atoms with E-state index in [1.54, 1.807) is 19.2 Å². The van der Waals surface area contributed by atoms with E-state index in [0.29, 0.717) is 17.0 Å². The van der Waals surface area contributed by atoms with Crippen molar-refractivity contribution in [2.24, 2.45) is 0 Å². The molecule has 0 unspecified atom stereocenters. The Morgan fingerprint density at radius 1 is 0.706 bits per heavy atom. The molecular formula is C31H28F2O. The minimum atomic E-state index is -0.350. The molecule has 4 aromatic carbocycles. The second-order valence-electron chi connectivity index (χ2n) is 8.70. The van der Waals surface area contributed by atoms with Gasteiger partial charge in [-0.05, 0) is 58.0 Å². The second kappa shape index (κ2) is 10.4. The molecule has 0 N–H and O–H groups in total. The van der Waals surface area contributed by atoms with E-state index in [9.17, 15) is 8.78 Å². The Morgan fingerprint density at radius 3 is 1.74 bits per heavy atom. The molecule has 0 aliphatic heterocycles. The molecule has 0 saturated carbocycles. The Balaban J connectivity index is 0.000000192. The number of methoxy groups -OCH3 is 1. The van der Waals surface area contributed by atoms with Gasteiger partial charge in [0.25, 0.3) is 0 Å². The van der Waals surface area contributed by atoms with Crippen molar-refractivity contribution in [3.8, 4) is 30.4 Å². The van der Waals surface area contributed by atoms with Crippen LogP contribution in [0.15, 0.2) is 54.6 Å². The van der Waals surface area contributed by atoms with Crippen LogP contribution in [0.3, 0.4) is 0 Å². The van der Waals surface area contributed by atoms with Gasteiger partial charge in [0.1, 0.15) is 17.4 Å². The largest absolute Gasteiger partial charge is 0.497 e. The Kier molecular flexibility index (Phi) is 7.60. The normalized spacial score (nSPS) is 10.7. The lowest BCUT2D eigenvalue weighted by Gasteiger charge is -2.14. The molecule has 0 radical (unpaired) electrons. The summed E-state index contributed by atoms with van der Waals surface area (Å²) in [4.78, 5) is 0. The van der Waals surface area contributed by atoms with Crippen molar-refractivity contribution in [1.29, 1.82) is 0 Å². The minimum Gasteiger partial charge on any atom is -0.497 e. The average Bonchev–Trinajstić information content (AvgIpc) is 2.83. The first-order chi connectivity index (χ1) is 16.2. The van der Waals surface area contributed by atoms with Crippen molar-refractivity contribution in [3.05, 3.63) is 88.5 Å². The van der Waals surface area contributed by atoms with Gasteiger partial charge in [-0.2, -0.15) is 0 Å². The van der Waals surface area contributed by atoms with Gasteiger partial charge in [0.15, 0.2) is 0 Å². The highest BCUT2D eigenvalue weighted by atomic mass is 19.1. The first-order valence-corrected chi connectivity index (χ1v) is 11.2. The summed E-state index contributed by atoms with van der Waals surface area (Å²) in [6.07, 6.45) is 10.8. The van der Waals surface area contributed by atoms with Gasteiger partial charge in [-0.15, -0.1) is 12.8 Å². The lowest BCUT2D eigenvalue weighted by Crippen LogP contribution is -1.96. The molecule has 3 heteroatoms. The predicted octanol–water partition coefficient (Wildman–Crippen LogP) is 8.18. The van der Waals surface area contributed by atoms with Crippen LogP contribution in [0.25, 0.3) is 21.5 Å². The Hall–Kier alpha value is -3.82. The van der Waals surface area contributed by atoms with Crippen LogP contribution in [0.5, 0.6) is 5.75 Å². The van der Waals surface area contributed by atoms with Crippen LogP contribution in [0.4, 0.5) is 8.78 Å². The Morgan fingerprint density at radius 2 is 1.24 bits per heavy atom. The number of hydrogen-bond acceptors (Lipinski definition) is 1. The van der Waals surface area contributed by atoms with Gasteiger partial charge >= 0.3 is 0 Å². The molecule has 0 heterocycles. The highest BCUT2D eigenvalue weighted by molar-refractivity contribution is 5.93. The first-order valence-electron chi connectivity index (χ1n) is 11.2. The highest BCUT2D eigenvalue weighted by Gasteiger charge is 2.14. The molecule has 0 amide bonds. The molecule has 0 fully saturated rings. The van der Waals surface area contributed by atoms with Crippen molar-refractivity contribution in [2.75, 3.05) is 7.11 Å². The third-order valence-electron chi connectivity index (χ3n) is 5.87. The van der Waals surface area contributed by atoms with Crippen LogP contribution < -0.4 is 4.74 Å². The summed E-state index contributed by atoms with van der Waals surface area (Å²) in [6.45, 7) is 8.28. The maximum absolute atomic E-state index is 13.8. The van der Waals surface area contributed by atoms with Crippen LogP contribution in [-0.4, -0.2) is 7.11 Å². The fourth-order valence-electron chi connectivity index (χ4n) is 4.16. The number of terminal acetylenes is 2. The van der Waals surface area contributed by atoms with Gasteiger partial charge < -0.3 is 4.74 Å². The van der Waals surface area contributed by atoms with E-state index in [-0.39, 0.29) is 17.6 Å². The Bertz CT molecular complexity index is 1430. The number of fused-ring (bicyclic) bond motifs is 2. The maximum Gasteiger partial charge on any atom is 0.139 e. The summed E-state index contributed by atoms with van der Waals surface area (Å²) in [6, 6.07) is 16.1. The zero-order valence-corrected chi connectivity index (χ0v) is 20.2. The SMILES string of the molecule is C#Cc1c(F)ccc2cc(OC)cc(C(C)C)c12.C#Cc1c(F)ccc2cccc(C(C)C)c12. The Labute approximate surface area is 200 Å². The number of benzene rings is 4. The van der Waals surface area contributed by atoms with E-state index in [2.05, 4.69) is 39.5 Å². The molecule has 0 atom stereocenters. The fourth-order valence-corrected chi connectivity index (χ4v) is 4.16. The van der Waals surface area contributed by atoms with Crippen LogP contribution in [0.1, 0.15) is 61.8 Å². The molecular weight excluding hydrogens is 426 g/mol. The van der Waals surface area contributed by atoms with Crippen molar-refractivity contribution in [1.82, 2.24) is 0 Å². The standard InChI is InChI=1S/C16H15FO.C15H13F/c1-5-13-15(17)7-6-11-8-12(18-4)9-14(10(2)3)16(11)13;1-4-12-14(16)9-8-11-6-5-7-13(10(2)3)15(11)12/h1,6-10H,2-4H3;1,5-10H,2-3H3. The smallest absolute Gasteiger partial charge is 0.139 e. The van der Waals surface area contributed by atoms with E-state index in [1.165, 1.54) is 12.1 Å². The van der Waals surface area contributed by atoms with Crippen LogP contribution in [-0.2, 0) is 0 Å². The molecule has 1 nitrogen and oxygen atoms in total. The summed E-state index contributed by atoms with van der Waals surface area (Å²) in [5.41, 5.74) is 2.82. The first kappa shape index (κ1) is 24.8. The summed E-state index contributed by atoms with van der Waals surface area (Å²) in [5.74, 6) is 5.59. The number of hydrogen-bond donors (Lipinski definition) is 0. The summed E-state index contributed by atoms with van der Waals surface area (Å²) in [5, 5.41) is 3.60. The fraction of sp³-hybridized carbons (Fsp3) is 0.226. The second-order valence-corrected chi connectivity index (χ2v) is 8.70. The van der Waals surface area contributed by atoms with Gasteiger partial charge in [-0.25, -0.2) is 8.78 Å². The molecule has 4 rings (SSSR count). The molecule has 0 spiro atoms. The van der Waals surface area contributed by atoms with Gasteiger partial charge in [0.2, 0.25) is 0 Å². The van der Waals surface area contributed by atoms with E-state index in [4.69, 9.17) is 17.6 Å². The number of rotatable bonds is 3. The highest BCUT2D eigenvalue weighted by Crippen LogP contribution is 2.33. The summed E-state index contributed by atoms with van der Waals surface area (Å²) in [7, 11) is 1.62. The molecule has 0 aliphatic rings. The lowest BCUT2D eigenvalue weighted by atomic mass is 9.92.